The minimum absolute atomic E-state index is 0.163. The van der Waals surface area contributed by atoms with Crippen molar-refractivity contribution in [3.63, 3.8) is 0 Å². The highest BCUT2D eigenvalue weighted by Gasteiger charge is 2.23. The van der Waals surface area contributed by atoms with Crippen LogP contribution in [0.2, 0.25) is 0 Å². The Labute approximate surface area is 111 Å². The fraction of sp³-hybridized carbons (Fsp3) is 0.333. The molecule has 1 aliphatic heterocycles. The Morgan fingerprint density at radius 1 is 1.41 bits per heavy atom. The molecule has 1 aliphatic rings. The summed E-state index contributed by atoms with van der Waals surface area (Å²) in [4.78, 5) is 0. The van der Waals surface area contributed by atoms with E-state index in [0.717, 1.165) is 0 Å². The first-order valence-electron chi connectivity index (χ1n) is 4.61. The molecule has 0 aromatic heterocycles. The first kappa shape index (κ1) is 12.8. The van der Waals surface area contributed by atoms with Crippen LogP contribution in [0.3, 0.4) is 0 Å². The van der Waals surface area contributed by atoms with Crippen molar-refractivity contribution in [3.8, 4) is 17.2 Å². The van der Waals surface area contributed by atoms with Crippen LogP contribution in [0.1, 0.15) is 5.56 Å². The number of benzene rings is 1. The van der Waals surface area contributed by atoms with Gasteiger partial charge in [0.2, 0.25) is 9.05 Å². The highest BCUT2D eigenvalue weighted by Crippen LogP contribution is 2.45. The summed E-state index contributed by atoms with van der Waals surface area (Å²) in [5, 5.41) is 9.81. The van der Waals surface area contributed by atoms with Gasteiger partial charge in [-0.25, -0.2) is 8.42 Å². The van der Waals surface area contributed by atoms with Crippen molar-refractivity contribution in [2.75, 3.05) is 13.2 Å². The number of hydrogen-bond donors (Lipinski definition) is 1. The van der Waals surface area contributed by atoms with E-state index >= 15 is 0 Å². The SMILES string of the molecule is O=S(=O)(Cl)Cc1cc2c(c(Br)c1O)OCCO2. The van der Waals surface area contributed by atoms with Gasteiger partial charge in [-0.2, -0.15) is 0 Å². The number of fused-ring (bicyclic) bond motifs is 1. The second-order valence-corrected chi connectivity index (χ2v) is 6.98. The number of rotatable bonds is 2. The van der Waals surface area contributed by atoms with Crippen molar-refractivity contribution >= 4 is 35.7 Å². The Hall–Kier alpha value is -0.660. The summed E-state index contributed by atoms with van der Waals surface area (Å²) in [7, 11) is 1.40. The molecule has 0 saturated carbocycles. The standard InChI is InChI=1S/C9H8BrClO5S/c10-7-8(12)5(4-17(11,13)14)3-6-9(7)16-2-1-15-6/h3,12H,1-2,4H2. The van der Waals surface area contributed by atoms with E-state index in [-0.39, 0.29) is 15.8 Å². The first-order chi connectivity index (χ1) is 7.88. The van der Waals surface area contributed by atoms with Gasteiger partial charge in [0.1, 0.15) is 23.4 Å². The van der Waals surface area contributed by atoms with Crippen molar-refractivity contribution in [1.82, 2.24) is 0 Å². The number of phenols is 1. The number of aromatic hydroxyl groups is 1. The molecular weight excluding hydrogens is 336 g/mol. The molecule has 0 aliphatic carbocycles. The molecule has 0 saturated heterocycles. The molecule has 94 valence electrons. The Bertz CT molecular complexity index is 557. The van der Waals surface area contributed by atoms with E-state index in [2.05, 4.69) is 15.9 Å². The van der Waals surface area contributed by atoms with Crippen molar-refractivity contribution in [2.45, 2.75) is 5.75 Å². The van der Waals surface area contributed by atoms with E-state index < -0.39 is 14.8 Å². The zero-order valence-electron chi connectivity index (χ0n) is 8.44. The highest BCUT2D eigenvalue weighted by atomic mass is 79.9. The molecule has 1 N–H and O–H groups in total. The smallest absolute Gasteiger partial charge is 0.236 e. The van der Waals surface area contributed by atoms with E-state index in [1.54, 1.807) is 0 Å². The van der Waals surface area contributed by atoms with Gasteiger partial charge in [-0.1, -0.05) is 0 Å². The van der Waals surface area contributed by atoms with Crippen molar-refractivity contribution in [2.24, 2.45) is 0 Å². The number of hydrogen-bond acceptors (Lipinski definition) is 5. The third-order valence-electron chi connectivity index (χ3n) is 2.16. The maximum atomic E-state index is 11.0. The van der Waals surface area contributed by atoms with Gasteiger partial charge < -0.3 is 14.6 Å². The van der Waals surface area contributed by atoms with Crippen LogP contribution in [0.5, 0.6) is 17.2 Å². The monoisotopic (exact) mass is 342 g/mol. The zero-order chi connectivity index (χ0) is 12.6. The minimum atomic E-state index is -3.75. The summed E-state index contributed by atoms with van der Waals surface area (Å²) >= 11 is 3.13. The van der Waals surface area contributed by atoms with Crippen LogP contribution in [-0.4, -0.2) is 26.7 Å². The predicted molar refractivity (Wildman–Crippen MR) is 65.3 cm³/mol. The number of ether oxygens (including phenoxy) is 2. The van der Waals surface area contributed by atoms with E-state index in [1.807, 2.05) is 0 Å². The fourth-order valence-electron chi connectivity index (χ4n) is 1.48. The van der Waals surface area contributed by atoms with Crippen LogP contribution in [0.25, 0.3) is 0 Å². The number of halogens is 2. The molecule has 2 rings (SSSR count). The second-order valence-electron chi connectivity index (χ2n) is 3.41. The summed E-state index contributed by atoms with van der Waals surface area (Å²) < 4.78 is 32.9. The van der Waals surface area contributed by atoms with Gasteiger partial charge in [0.25, 0.3) is 0 Å². The topological polar surface area (TPSA) is 72.8 Å². The average molecular weight is 344 g/mol. The molecule has 0 amide bonds. The minimum Gasteiger partial charge on any atom is -0.506 e. The maximum absolute atomic E-state index is 11.0. The van der Waals surface area contributed by atoms with Gasteiger partial charge in [0.05, 0.1) is 5.75 Å². The Morgan fingerprint density at radius 2 is 2.06 bits per heavy atom. The van der Waals surface area contributed by atoms with Crippen LogP contribution in [0.15, 0.2) is 10.5 Å². The van der Waals surface area contributed by atoms with Crippen LogP contribution < -0.4 is 9.47 Å². The number of phenolic OH excluding ortho intramolecular Hbond substituents is 1. The lowest BCUT2D eigenvalue weighted by molar-refractivity contribution is 0.169. The molecule has 8 heteroatoms. The molecule has 1 aromatic rings. The van der Waals surface area contributed by atoms with Crippen molar-refractivity contribution < 1.29 is 23.0 Å². The molecule has 1 heterocycles. The summed E-state index contributed by atoms with van der Waals surface area (Å²) in [6, 6.07) is 1.41. The van der Waals surface area contributed by atoms with Crippen LogP contribution in [0, 0.1) is 0 Å². The largest absolute Gasteiger partial charge is 0.506 e. The van der Waals surface area contributed by atoms with E-state index in [1.165, 1.54) is 6.07 Å². The van der Waals surface area contributed by atoms with Gasteiger partial charge in [0, 0.05) is 16.2 Å². The van der Waals surface area contributed by atoms with Gasteiger partial charge in [-0.05, 0) is 22.0 Å². The van der Waals surface area contributed by atoms with Gasteiger partial charge in [0.15, 0.2) is 11.5 Å². The Morgan fingerprint density at radius 3 is 2.71 bits per heavy atom. The summed E-state index contributed by atoms with van der Waals surface area (Å²) in [6.07, 6.45) is 0. The third kappa shape index (κ3) is 2.78. The van der Waals surface area contributed by atoms with Crippen molar-refractivity contribution in [3.05, 3.63) is 16.1 Å². The summed E-state index contributed by atoms with van der Waals surface area (Å²) in [6.45, 7) is 0.746. The normalized spacial score (nSPS) is 14.7. The highest BCUT2D eigenvalue weighted by molar-refractivity contribution is 9.10. The van der Waals surface area contributed by atoms with Crippen LogP contribution >= 0.6 is 26.6 Å². The predicted octanol–water partition coefficient (Wildman–Crippen LogP) is 1.99. The van der Waals surface area contributed by atoms with E-state index in [0.29, 0.717) is 24.7 Å². The molecule has 1 aromatic carbocycles. The van der Waals surface area contributed by atoms with Gasteiger partial charge in [-0.15, -0.1) is 0 Å². The quantitative estimate of drug-likeness (QED) is 0.832. The van der Waals surface area contributed by atoms with Gasteiger partial charge in [-0.3, -0.25) is 0 Å². The molecule has 0 bridgehead atoms. The molecule has 0 spiro atoms. The zero-order valence-corrected chi connectivity index (χ0v) is 11.6. The van der Waals surface area contributed by atoms with Crippen LogP contribution in [0.4, 0.5) is 0 Å². The average Bonchev–Trinajstić information content (AvgIpc) is 2.24. The molecular formula is C9H8BrClO5S. The first-order valence-corrected chi connectivity index (χ1v) is 7.88. The molecule has 0 atom stereocenters. The summed E-state index contributed by atoms with van der Waals surface area (Å²) in [5.74, 6) is 0.0644. The molecule has 0 unspecified atom stereocenters. The lowest BCUT2D eigenvalue weighted by Crippen LogP contribution is -2.16. The van der Waals surface area contributed by atoms with Crippen LogP contribution in [-0.2, 0) is 14.8 Å². The van der Waals surface area contributed by atoms with Crippen molar-refractivity contribution in [1.29, 1.82) is 0 Å². The molecule has 17 heavy (non-hydrogen) atoms. The van der Waals surface area contributed by atoms with E-state index in [9.17, 15) is 13.5 Å². The maximum Gasteiger partial charge on any atom is 0.236 e. The molecule has 0 radical (unpaired) electrons. The van der Waals surface area contributed by atoms with Gasteiger partial charge >= 0.3 is 0 Å². The van der Waals surface area contributed by atoms with E-state index in [4.69, 9.17) is 20.2 Å². The fourth-order valence-corrected chi connectivity index (χ4v) is 2.99. The lowest BCUT2D eigenvalue weighted by Gasteiger charge is -2.21. The third-order valence-corrected chi connectivity index (χ3v) is 3.87. The summed E-state index contributed by atoms with van der Waals surface area (Å²) in [5.41, 5.74) is 0.163. The Kier molecular flexibility index (Phi) is 3.42. The second kappa shape index (κ2) is 4.55. The lowest BCUT2D eigenvalue weighted by atomic mass is 10.2. The molecule has 5 nitrogen and oxygen atoms in total. The molecule has 0 fully saturated rings. The Balaban J connectivity index is 2.51.